The molecule has 0 aromatic carbocycles. The first-order chi connectivity index (χ1) is 12.4. The summed E-state index contributed by atoms with van der Waals surface area (Å²) in [4.78, 5) is 30.9. The van der Waals surface area contributed by atoms with Crippen molar-refractivity contribution in [3.8, 4) is 0 Å². The van der Waals surface area contributed by atoms with Gasteiger partial charge < -0.3 is 10.6 Å². The van der Waals surface area contributed by atoms with Crippen molar-refractivity contribution in [3.05, 3.63) is 0 Å². The second-order valence-corrected chi connectivity index (χ2v) is 9.51. The van der Waals surface area contributed by atoms with Crippen molar-refractivity contribution >= 4 is 17.3 Å². The molecule has 4 aliphatic rings. The van der Waals surface area contributed by atoms with Crippen LogP contribution in [0.1, 0.15) is 65.2 Å². The Balaban J connectivity index is 1.57. The van der Waals surface area contributed by atoms with E-state index in [0.717, 1.165) is 44.2 Å². The normalized spacial score (nSPS) is 46.7. The van der Waals surface area contributed by atoms with Gasteiger partial charge in [-0.3, -0.25) is 9.59 Å². The van der Waals surface area contributed by atoms with Crippen LogP contribution in [0, 0.1) is 34.5 Å². The molecule has 0 aromatic rings. The van der Waals surface area contributed by atoms with Crippen LogP contribution in [-0.4, -0.2) is 30.4 Å². The highest BCUT2D eigenvalue weighted by Crippen LogP contribution is 2.64. The van der Waals surface area contributed by atoms with Crippen molar-refractivity contribution in [2.24, 2.45) is 45.4 Å². The number of ketones is 2. The lowest BCUT2D eigenvalue weighted by molar-refractivity contribution is -0.152. The molecule has 0 radical (unpaired) electrons. The van der Waals surface area contributed by atoms with Gasteiger partial charge in [0.25, 0.3) is 0 Å². The van der Waals surface area contributed by atoms with Gasteiger partial charge in [0, 0.05) is 30.7 Å². The Morgan fingerprint density at radius 1 is 1.12 bits per heavy atom. The third-order valence-corrected chi connectivity index (χ3v) is 8.41. The Labute approximate surface area is 156 Å². The van der Waals surface area contributed by atoms with E-state index < -0.39 is 0 Å². The van der Waals surface area contributed by atoms with Crippen LogP contribution in [0.3, 0.4) is 0 Å². The fourth-order valence-electron chi connectivity index (χ4n) is 6.89. The quantitative estimate of drug-likeness (QED) is 0.619. The Bertz CT molecular complexity index is 645. The zero-order valence-electron chi connectivity index (χ0n) is 16.1. The van der Waals surface area contributed by atoms with Gasteiger partial charge in [0.15, 0.2) is 0 Å². The lowest BCUT2D eigenvalue weighted by atomic mass is 9.45. The molecular weight excluding hydrogens is 328 g/mol. The van der Waals surface area contributed by atoms with Crippen molar-refractivity contribution in [1.29, 1.82) is 0 Å². The van der Waals surface area contributed by atoms with E-state index in [1.165, 1.54) is 0 Å². The Kier molecular flexibility index (Phi) is 4.49. The first-order valence-electron chi connectivity index (χ1n) is 10.3. The first-order valence-corrected chi connectivity index (χ1v) is 10.3. The molecule has 0 saturated heterocycles. The highest BCUT2D eigenvalue weighted by Gasteiger charge is 2.62. The summed E-state index contributed by atoms with van der Waals surface area (Å²) in [5.41, 5.74) is 6.37. The predicted molar refractivity (Wildman–Crippen MR) is 99.6 cm³/mol. The molecule has 6 atom stereocenters. The molecule has 0 heterocycles. The van der Waals surface area contributed by atoms with Crippen LogP contribution in [0.2, 0.25) is 0 Å². The van der Waals surface area contributed by atoms with Gasteiger partial charge in [-0.25, -0.2) is 0 Å². The highest BCUT2D eigenvalue weighted by atomic mass is 16.6. The molecular formula is C21H32N2O3. The second-order valence-electron chi connectivity index (χ2n) is 9.51. The average Bonchev–Trinajstić information content (AvgIpc) is 2.92. The van der Waals surface area contributed by atoms with Gasteiger partial charge in [0.05, 0.1) is 5.71 Å². The molecule has 0 aliphatic heterocycles. The van der Waals surface area contributed by atoms with E-state index in [9.17, 15) is 9.59 Å². The molecule has 5 nitrogen and oxygen atoms in total. The lowest BCUT2D eigenvalue weighted by Crippen LogP contribution is -2.56. The van der Waals surface area contributed by atoms with E-state index in [0.29, 0.717) is 55.3 Å². The summed E-state index contributed by atoms with van der Waals surface area (Å²) < 4.78 is 0. The number of rotatable bonds is 3. The number of fused-ring (bicyclic) bond motifs is 5. The number of oxime groups is 1. The summed E-state index contributed by atoms with van der Waals surface area (Å²) in [6, 6.07) is 0. The van der Waals surface area contributed by atoms with E-state index >= 15 is 0 Å². The Morgan fingerprint density at radius 2 is 1.92 bits per heavy atom. The maximum absolute atomic E-state index is 13.1. The van der Waals surface area contributed by atoms with Crippen molar-refractivity contribution in [2.45, 2.75) is 65.2 Å². The van der Waals surface area contributed by atoms with Crippen LogP contribution in [0.15, 0.2) is 5.16 Å². The number of hydrogen-bond acceptors (Lipinski definition) is 5. The third kappa shape index (κ3) is 2.57. The predicted octanol–water partition coefficient (Wildman–Crippen LogP) is 3.11. The largest absolute Gasteiger partial charge is 0.395 e. The van der Waals surface area contributed by atoms with Gasteiger partial charge in [0.1, 0.15) is 18.2 Å². The Hall–Kier alpha value is -1.23. The summed E-state index contributed by atoms with van der Waals surface area (Å²) in [7, 11) is 0. The molecule has 4 aliphatic carbocycles. The topological polar surface area (TPSA) is 81.8 Å². The van der Waals surface area contributed by atoms with Crippen LogP contribution < -0.4 is 5.73 Å². The molecule has 144 valence electrons. The molecule has 0 bridgehead atoms. The molecule has 4 rings (SSSR count). The van der Waals surface area contributed by atoms with Crippen molar-refractivity contribution < 1.29 is 14.4 Å². The third-order valence-electron chi connectivity index (χ3n) is 8.41. The summed E-state index contributed by atoms with van der Waals surface area (Å²) >= 11 is 0. The number of Topliss-reactive ketones (excluding diaryl/α,β-unsaturated/α-hetero) is 2. The highest BCUT2D eigenvalue weighted by molar-refractivity contribution is 5.93. The van der Waals surface area contributed by atoms with Gasteiger partial charge in [-0.2, -0.15) is 0 Å². The van der Waals surface area contributed by atoms with E-state index in [4.69, 9.17) is 10.6 Å². The minimum absolute atomic E-state index is 0.0554. The van der Waals surface area contributed by atoms with Crippen LogP contribution in [-0.2, 0) is 14.4 Å². The standard InChI is InChI=1S/C21H32N2O3/c1-20-7-5-13(23-26-10-9-22)11-17(20)18(24)12-14-15-3-4-19(25)21(15,2)8-6-16(14)20/h14-17H,3-12,22H2,1-2H3/t14-,15-,16-,17-,20+,21-/m0/s1. The summed E-state index contributed by atoms with van der Waals surface area (Å²) in [6.07, 6.45) is 7.13. The summed E-state index contributed by atoms with van der Waals surface area (Å²) in [5.74, 6) is 2.29. The van der Waals surface area contributed by atoms with Crippen molar-refractivity contribution in [1.82, 2.24) is 0 Å². The van der Waals surface area contributed by atoms with Gasteiger partial charge in [-0.1, -0.05) is 19.0 Å². The smallest absolute Gasteiger partial charge is 0.139 e. The number of carbonyl (C=O) groups is 2. The summed E-state index contributed by atoms with van der Waals surface area (Å²) in [5, 5.41) is 4.25. The van der Waals surface area contributed by atoms with Gasteiger partial charge in [-0.05, 0) is 61.7 Å². The molecule has 0 spiro atoms. The van der Waals surface area contributed by atoms with Crippen molar-refractivity contribution in [2.75, 3.05) is 13.2 Å². The van der Waals surface area contributed by atoms with Gasteiger partial charge >= 0.3 is 0 Å². The molecule has 0 aromatic heterocycles. The fraction of sp³-hybridized carbons (Fsp3) is 0.857. The molecule has 4 saturated carbocycles. The van der Waals surface area contributed by atoms with E-state index in [2.05, 4.69) is 19.0 Å². The van der Waals surface area contributed by atoms with Crippen molar-refractivity contribution in [3.63, 3.8) is 0 Å². The number of nitrogens with zero attached hydrogens (tertiary/aromatic N) is 1. The van der Waals surface area contributed by atoms with Crippen LogP contribution in [0.4, 0.5) is 0 Å². The maximum Gasteiger partial charge on any atom is 0.139 e. The SMILES string of the molecule is C[C@]12CCC(=NOCCN)C[C@H]1C(=O)C[C@@H]1[C@@H]2CC[C@]2(C)C(=O)CC[C@@H]12. The van der Waals surface area contributed by atoms with E-state index in [1.807, 2.05) is 0 Å². The van der Waals surface area contributed by atoms with E-state index in [1.54, 1.807) is 0 Å². The fourth-order valence-corrected chi connectivity index (χ4v) is 6.89. The molecule has 26 heavy (non-hydrogen) atoms. The molecule has 2 N–H and O–H groups in total. The second kappa shape index (κ2) is 6.43. The molecule has 0 unspecified atom stereocenters. The Morgan fingerprint density at radius 3 is 2.69 bits per heavy atom. The maximum atomic E-state index is 13.1. The zero-order valence-corrected chi connectivity index (χ0v) is 16.1. The van der Waals surface area contributed by atoms with Crippen LogP contribution >= 0.6 is 0 Å². The monoisotopic (exact) mass is 360 g/mol. The van der Waals surface area contributed by atoms with E-state index in [-0.39, 0.29) is 16.7 Å². The lowest BCUT2D eigenvalue weighted by Gasteiger charge is -2.58. The average molecular weight is 360 g/mol. The molecule has 0 amide bonds. The first kappa shape index (κ1) is 18.1. The van der Waals surface area contributed by atoms with Gasteiger partial charge in [-0.15, -0.1) is 0 Å². The zero-order chi connectivity index (χ0) is 18.5. The van der Waals surface area contributed by atoms with Crippen LogP contribution in [0.25, 0.3) is 0 Å². The molecule has 5 heteroatoms. The number of carbonyl (C=O) groups excluding carboxylic acids is 2. The number of hydrogen-bond donors (Lipinski definition) is 1. The molecule has 4 fully saturated rings. The summed E-state index contributed by atoms with van der Waals surface area (Å²) in [6.45, 7) is 5.39. The minimum Gasteiger partial charge on any atom is -0.395 e. The minimum atomic E-state index is -0.165. The number of nitrogens with two attached hydrogens (primary N) is 1. The van der Waals surface area contributed by atoms with Gasteiger partial charge in [0.2, 0.25) is 0 Å². The van der Waals surface area contributed by atoms with Crippen LogP contribution in [0.5, 0.6) is 0 Å².